The average molecular weight is 427 g/mol. The summed E-state index contributed by atoms with van der Waals surface area (Å²) in [5.74, 6) is -2.57. The minimum Gasteiger partial charge on any atom is -0.388 e. The second-order valence-corrected chi connectivity index (χ2v) is 8.10. The van der Waals surface area contributed by atoms with Crippen LogP contribution in [0.15, 0.2) is 48.9 Å². The van der Waals surface area contributed by atoms with Crippen LogP contribution >= 0.6 is 0 Å². The van der Waals surface area contributed by atoms with Crippen LogP contribution in [0.1, 0.15) is 31.4 Å². The summed E-state index contributed by atoms with van der Waals surface area (Å²) >= 11 is 0. The Labute approximate surface area is 184 Å². The fourth-order valence-electron chi connectivity index (χ4n) is 3.78. The van der Waals surface area contributed by atoms with Crippen molar-refractivity contribution in [2.75, 3.05) is 25.5 Å². The molecule has 1 aromatic heterocycles. The number of pyridine rings is 1. The Hall–Kier alpha value is -2.91. The van der Waals surface area contributed by atoms with Crippen LogP contribution in [-0.2, 0) is 13.0 Å². The van der Waals surface area contributed by atoms with Gasteiger partial charge in [0.05, 0.1) is 6.54 Å². The van der Waals surface area contributed by atoms with E-state index in [9.17, 15) is 8.78 Å². The van der Waals surface area contributed by atoms with Crippen molar-refractivity contribution in [2.24, 2.45) is 0 Å². The zero-order valence-corrected chi connectivity index (χ0v) is 18.6. The van der Waals surface area contributed by atoms with E-state index < -0.39 is 5.92 Å². The second-order valence-electron chi connectivity index (χ2n) is 8.10. The van der Waals surface area contributed by atoms with Crippen molar-refractivity contribution in [1.82, 2.24) is 15.2 Å². The van der Waals surface area contributed by atoms with Gasteiger partial charge in [-0.2, -0.15) is 0 Å². The summed E-state index contributed by atoms with van der Waals surface area (Å²) in [6, 6.07) is 8.63. The number of anilines is 1. The number of hydrogen-bond donors (Lipinski definition) is 2. The van der Waals surface area contributed by atoms with E-state index in [-0.39, 0.29) is 13.0 Å². The molecular weight excluding hydrogens is 394 g/mol. The van der Waals surface area contributed by atoms with Crippen LogP contribution in [0.25, 0.3) is 11.1 Å². The highest BCUT2D eigenvalue weighted by Crippen LogP contribution is 2.29. The first-order valence-corrected chi connectivity index (χ1v) is 10.4. The Morgan fingerprint density at radius 2 is 1.97 bits per heavy atom. The molecule has 1 aliphatic rings. The molecule has 1 aromatic carbocycles. The Morgan fingerprint density at radius 1 is 1.23 bits per heavy atom. The largest absolute Gasteiger partial charge is 0.388 e. The van der Waals surface area contributed by atoms with Gasteiger partial charge >= 0.3 is 0 Å². The van der Waals surface area contributed by atoms with Crippen LogP contribution in [-0.4, -0.2) is 42.0 Å². The smallest absolute Gasteiger partial charge is 0.261 e. The maximum atomic E-state index is 13.5. The van der Waals surface area contributed by atoms with Crippen molar-refractivity contribution in [3.63, 3.8) is 0 Å². The van der Waals surface area contributed by atoms with Gasteiger partial charge in [0.2, 0.25) is 0 Å². The number of rotatable bonds is 8. The molecule has 0 amide bonds. The fourth-order valence-corrected chi connectivity index (χ4v) is 3.78. The first kappa shape index (κ1) is 24.4. The summed E-state index contributed by atoms with van der Waals surface area (Å²) in [6.07, 6.45) is 12.2. The van der Waals surface area contributed by atoms with Crippen LogP contribution in [0, 0.1) is 12.8 Å². The lowest BCUT2D eigenvalue weighted by Gasteiger charge is -2.17. The summed E-state index contributed by atoms with van der Waals surface area (Å²) in [6.45, 7) is 9.05. The predicted octanol–water partition coefficient (Wildman–Crippen LogP) is 4.93. The van der Waals surface area contributed by atoms with Gasteiger partial charge in [-0.05, 0) is 48.7 Å². The standard InChI is InChI=1S/C23H30F2N4.C2H2/c1-16(2)28-17(3)9-20-11-19(5-6-22(20)26-4)21-10-18(12-27-13-21)14-29-8-7-23(24,25)15-29;1-2/h5-6,10-13,16,26,28H,3,7-9,14-15H2,1-2,4H3;1-2H. The Bertz CT molecular complexity index is 905. The Kier molecular flexibility index (Phi) is 8.58. The fraction of sp³-hybridized carbons (Fsp3) is 0.400. The number of terminal acetylenes is 1. The molecule has 2 N–H and O–H groups in total. The van der Waals surface area contributed by atoms with E-state index in [1.165, 1.54) is 0 Å². The molecule has 4 nitrogen and oxygen atoms in total. The van der Waals surface area contributed by atoms with Gasteiger partial charge in [-0.15, -0.1) is 12.8 Å². The highest BCUT2D eigenvalue weighted by atomic mass is 19.3. The van der Waals surface area contributed by atoms with Gasteiger partial charge in [0.1, 0.15) is 0 Å². The van der Waals surface area contributed by atoms with Crippen LogP contribution in [0.3, 0.4) is 0 Å². The van der Waals surface area contributed by atoms with Crippen molar-refractivity contribution in [2.45, 2.75) is 45.2 Å². The van der Waals surface area contributed by atoms with Gasteiger partial charge in [0, 0.05) is 68.4 Å². The number of likely N-dealkylation sites (tertiary alicyclic amines) is 1. The average Bonchev–Trinajstić information content (AvgIpc) is 3.07. The summed E-state index contributed by atoms with van der Waals surface area (Å²) in [7, 11) is 1.91. The molecule has 0 bridgehead atoms. The molecule has 0 radical (unpaired) electrons. The lowest BCUT2D eigenvalue weighted by atomic mass is 9.99. The molecule has 0 aliphatic carbocycles. The number of aromatic nitrogens is 1. The third-order valence-corrected chi connectivity index (χ3v) is 5.05. The minimum atomic E-state index is -2.57. The number of allylic oxidation sites excluding steroid dienone is 1. The van der Waals surface area contributed by atoms with Crippen molar-refractivity contribution >= 4 is 5.69 Å². The molecule has 0 unspecified atom stereocenters. The quantitative estimate of drug-likeness (QED) is 0.587. The normalized spacial score (nSPS) is 15.2. The first-order chi connectivity index (χ1) is 14.8. The van der Waals surface area contributed by atoms with Gasteiger partial charge in [-0.25, -0.2) is 8.78 Å². The van der Waals surface area contributed by atoms with E-state index in [1.54, 1.807) is 11.1 Å². The molecule has 0 atom stereocenters. The second kappa shape index (κ2) is 10.9. The topological polar surface area (TPSA) is 40.2 Å². The zero-order chi connectivity index (χ0) is 23.0. The number of nitrogens with zero attached hydrogens (tertiary/aromatic N) is 2. The molecule has 3 rings (SSSR count). The van der Waals surface area contributed by atoms with E-state index >= 15 is 0 Å². The van der Waals surface area contributed by atoms with E-state index in [0.717, 1.165) is 40.1 Å². The van der Waals surface area contributed by atoms with Gasteiger partial charge in [-0.1, -0.05) is 12.6 Å². The third-order valence-electron chi connectivity index (χ3n) is 5.05. The molecule has 1 saturated heterocycles. The number of benzene rings is 1. The molecule has 1 fully saturated rings. The number of halogens is 2. The van der Waals surface area contributed by atoms with E-state index in [2.05, 4.69) is 67.1 Å². The highest BCUT2D eigenvalue weighted by Gasteiger charge is 2.37. The lowest BCUT2D eigenvalue weighted by Crippen LogP contribution is -2.24. The van der Waals surface area contributed by atoms with Crippen LogP contribution in [0.5, 0.6) is 0 Å². The molecule has 1 aliphatic heterocycles. The summed E-state index contributed by atoms with van der Waals surface area (Å²) in [5.41, 5.74) is 6.16. The van der Waals surface area contributed by atoms with Crippen molar-refractivity contribution in [1.29, 1.82) is 0 Å². The molecule has 166 valence electrons. The zero-order valence-electron chi connectivity index (χ0n) is 18.6. The monoisotopic (exact) mass is 426 g/mol. The maximum absolute atomic E-state index is 13.5. The van der Waals surface area contributed by atoms with E-state index in [0.29, 0.717) is 19.1 Å². The molecule has 0 spiro atoms. The SMILES string of the molecule is C#C.C=C(Cc1cc(-c2cncc(CN3CCC(F)(F)C3)c2)ccc1NC)NC(C)C. The van der Waals surface area contributed by atoms with Gasteiger partial charge in [-0.3, -0.25) is 9.88 Å². The molecule has 2 heterocycles. The van der Waals surface area contributed by atoms with E-state index in [1.807, 2.05) is 19.3 Å². The van der Waals surface area contributed by atoms with Crippen LogP contribution in [0.4, 0.5) is 14.5 Å². The summed E-state index contributed by atoms with van der Waals surface area (Å²) < 4.78 is 26.9. The lowest BCUT2D eigenvalue weighted by molar-refractivity contribution is 0.0115. The van der Waals surface area contributed by atoms with Gasteiger partial charge < -0.3 is 10.6 Å². The predicted molar refractivity (Wildman–Crippen MR) is 125 cm³/mol. The highest BCUT2D eigenvalue weighted by molar-refractivity contribution is 5.68. The van der Waals surface area contributed by atoms with Crippen LogP contribution in [0.2, 0.25) is 0 Å². The van der Waals surface area contributed by atoms with Crippen molar-refractivity contribution < 1.29 is 8.78 Å². The maximum Gasteiger partial charge on any atom is 0.261 e. The molecule has 2 aromatic rings. The van der Waals surface area contributed by atoms with Gasteiger partial charge in [0.15, 0.2) is 0 Å². The summed E-state index contributed by atoms with van der Waals surface area (Å²) in [4.78, 5) is 6.14. The van der Waals surface area contributed by atoms with Gasteiger partial charge in [0.25, 0.3) is 5.92 Å². The van der Waals surface area contributed by atoms with E-state index in [4.69, 9.17) is 0 Å². The molecule has 31 heavy (non-hydrogen) atoms. The summed E-state index contributed by atoms with van der Waals surface area (Å²) in [5, 5.41) is 6.59. The Balaban J connectivity index is 0.00000166. The van der Waals surface area contributed by atoms with Crippen molar-refractivity contribution in [3.8, 4) is 24.0 Å². The first-order valence-electron chi connectivity index (χ1n) is 10.4. The van der Waals surface area contributed by atoms with Crippen LogP contribution < -0.4 is 10.6 Å². The Morgan fingerprint density at radius 3 is 2.58 bits per heavy atom. The number of alkyl halides is 2. The van der Waals surface area contributed by atoms with Crippen molar-refractivity contribution in [3.05, 3.63) is 60.1 Å². The third kappa shape index (κ3) is 7.08. The molecule has 6 heteroatoms. The minimum absolute atomic E-state index is 0.0662. The number of nitrogens with one attached hydrogen (secondary N) is 2. The molecule has 0 saturated carbocycles. The number of hydrogen-bond acceptors (Lipinski definition) is 4. The molecular formula is C25H32F2N4.